The predicted octanol–water partition coefficient (Wildman–Crippen LogP) is 5.97. The van der Waals surface area contributed by atoms with Crippen molar-refractivity contribution in [1.29, 1.82) is 0 Å². The maximum Gasteiger partial charge on any atom is 0.0169 e. The van der Waals surface area contributed by atoms with Gasteiger partial charge in [-0.1, -0.05) is 66.7 Å². The highest BCUT2D eigenvalue weighted by Crippen LogP contribution is 2.33. The molecule has 0 aromatic heterocycles. The van der Waals surface area contributed by atoms with Gasteiger partial charge in [0.15, 0.2) is 0 Å². The van der Waals surface area contributed by atoms with E-state index in [4.69, 9.17) is 0 Å². The molecule has 2 aromatic carbocycles. The second-order valence-corrected chi connectivity index (χ2v) is 7.80. The van der Waals surface area contributed by atoms with Crippen LogP contribution in [0.5, 0.6) is 0 Å². The minimum absolute atomic E-state index is 0.793. The summed E-state index contributed by atoms with van der Waals surface area (Å²) in [6, 6.07) is 19.7. The Kier molecular flexibility index (Phi) is 5.36. The molecular weight excluding hydrogens is 314 g/mol. The molecule has 1 heteroatoms. The van der Waals surface area contributed by atoms with Gasteiger partial charge in [0.05, 0.1) is 0 Å². The van der Waals surface area contributed by atoms with Crippen LogP contribution in [0.1, 0.15) is 42.4 Å². The van der Waals surface area contributed by atoms with Crippen LogP contribution in [0, 0.1) is 12.8 Å². The number of nitrogens with zero attached hydrogens (tertiary/aromatic N) is 1. The fourth-order valence-electron chi connectivity index (χ4n) is 4.46. The largest absolute Gasteiger partial charge is 0.299 e. The summed E-state index contributed by atoms with van der Waals surface area (Å²) in [4.78, 5) is 2.65. The highest BCUT2D eigenvalue weighted by molar-refractivity contribution is 5.69. The topological polar surface area (TPSA) is 3.24 Å². The Morgan fingerprint density at radius 1 is 0.923 bits per heavy atom. The van der Waals surface area contributed by atoms with E-state index in [-0.39, 0.29) is 0 Å². The molecule has 4 rings (SSSR count). The molecule has 0 spiro atoms. The summed E-state index contributed by atoms with van der Waals surface area (Å²) in [5, 5.41) is 0. The Bertz CT molecular complexity index is 800. The van der Waals surface area contributed by atoms with E-state index in [1.807, 2.05) is 0 Å². The Hall–Kier alpha value is -2.12. The average molecular weight is 344 g/mol. The van der Waals surface area contributed by atoms with E-state index in [1.54, 1.807) is 5.57 Å². The van der Waals surface area contributed by atoms with Crippen molar-refractivity contribution in [3.05, 3.63) is 83.4 Å². The van der Waals surface area contributed by atoms with Crippen LogP contribution in [0.3, 0.4) is 0 Å². The van der Waals surface area contributed by atoms with Crippen molar-refractivity contribution in [3.8, 4) is 0 Å². The van der Waals surface area contributed by atoms with Crippen molar-refractivity contribution in [2.24, 2.45) is 5.92 Å². The third-order valence-electron chi connectivity index (χ3n) is 5.92. The summed E-state index contributed by atoms with van der Waals surface area (Å²) >= 11 is 0. The van der Waals surface area contributed by atoms with Crippen LogP contribution in [-0.4, -0.2) is 24.5 Å². The zero-order chi connectivity index (χ0) is 17.8. The Balaban J connectivity index is 1.36. The van der Waals surface area contributed by atoms with E-state index in [1.165, 1.54) is 61.0 Å². The van der Waals surface area contributed by atoms with Crippen LogP contribution in [-0.2, 0) is 0 Å². The number of benzene rings is 2. The van der Waals surface area contributed by atoms with Crippen LogP contribution >= 0.6 is 0 Å². The highest BCUT2D eigenvalue weighted by Gasteiger charge is 2.21. The first-order valence-corrected chi connectivity index (χ1v) is 10.0. The van der Waals surface area contributed by atoms with Crippen LogP contribution in [0.15, 0.2) is 66.7 Å². The maximum atomic E-state index is 2.65. The van der Waals surface area contributed by atoms with Crippen LogP contribution in [0.4, 0.5) is 0 Å². The molecule has 0 radical (unpaired) electrons. The first-order valence-electron chi connectivity index (χ1n) is 10.0. The molecule has 2 aromatic rings. The molecule has 134 valence electrons. The molecule has 1 aliphatic carbocycles. The van der Waals surface area contributed by atoms with E-state index in [0.717, 1.165) is 12.5 Å². The molecular formula is C25H29N. The lowest BCUT2D eigenvalue weighted by molar-refractivity contribution is 0.244. The summed E-state index contributed by atoms with van der Waals surface area (Å²) in [7, 11) is 0. The van der Waals surface area contributed by atoms with Gasteiger partial charge >= 0.3 is 0 Å². The molecule has 2 aliphatic rings. The first-order chi connectivity index (χ1) is 12.8. The Morgan fingerprint density at radius 2 is 1.73 bits per heavy atom. The lowest BCUT2D eigenvalue weighted by atomic mass is 9.84. The van der Waals surface area contributed by atoms with Gasteiger partial charge in [-0.2, -0.15) is 0 Å². The summed E-state index contributed by atoms with van der Waals surface area (Å²) in [6.45, 7) is 5.77. The summed E-state index contributed by atoms with van der Waals surface area (Å²) in [5.41, 5.74) is 7.35. The zero-order valence-corrected chi connectivity index (χ0v) is 15.8. The normalized spacial score (nSPS) is 21.2. The van der Waals surface area contributed by atoms with Gasteiger partial charge in [0.2, 0.25) is 0 Å². The summed E-state index contributed by atoms with van der Waals surface area (Å²) < 4.78 is 0. The van der Waals surface area contributed by atoms with E-state index >= 15 is 0 Å². The molecule has 0 N–H and O–H groups in total. The Labute approximate surface area is 158 Å². The van der Waals surface area contributed by atoms with Crippen LogP contribution in [0.25, 0.3) is 11.1 Å². The smallest absolute Gasteiger partial charge is 0.0169 e. The molecule has 0 saturated carbocycles. The van der Waals surface area contributed by atoms with Crippen molar-refractivity contribution in [3.63, 3.8) is 0 Å². The average Bonchev–Trinajstić information content (AvgIpc) is 2.70. The monoisotopic (exact) mass is 343 g/mol. The lowest BCUT2D eigenvalue weighted by Gasteiger charge is -2.32. The van der Waals surface area contributed by atoms with Gasteiger partial charge < -0.3 is 0 Å². The fraction of sp³-hybridized carbons (Fsp3) is 0.360. The molecule has 26 heavy (non-hydrogen) atoms. The van der Waals surface area contributed by atoms with Crippen molar-refractivity contribution in [2.75, 3.05) is 19.6 Å². The molecule has 1 atom stereocenters. The van der Waals surface area contributed by atoms with Gasteiger partial charge in [-0.15, -0.1) is 0 Å². The number of allylic oxidation sites excluding steroid dienone is 2. The number of hydrogen-bond donors (Lipinski definition) is 0. The summed E-state index contributed by atoms with van der Waals surface area (Å²) in [5.74, 6) is 0.793. The van der Waals surface area contributed by atoms with Gasteiger partial charge in [0.25, 0.3) is 0 Å². The second kappa shape index (κ2) is 8.05. The third-order valence-corrected chi connectivity index (χ3v) is 5.92. The maximum absolute atomic E-state index is 2.65. The van der Waals surface area contributed by atoms with E-state index < -0.39 is 0 Å². The minimum atomic E-state index is 0.793. The predicted molar refractivity (Wildman–Crippen MR) is 112 cm³/mol. The van der Waals surface area contributed by atoms with E-state index in [9.17, 15) is 0 Å². The van der Waals surface area contributed by atoms with Crippen molar-refractivity contribution in [2.45, 2.75) is 32.6 Å². The third kappa shape index (κ3) is 3.99. The molecule has 0 saturated heterocycles. The molecule has 1 aliphatic heterocycles. The quantitative estimate of drug-likeness (QED) is 0.661. The molecule has 0 bridgehead atoms. The molecule has 0 fully saturated rings. The van der Waals surface area contributed by atoms with Crippen LogP contribution < -0.4 is 0 Å². The lowest BCUT2D eigenvalue weighted by Crippen LogP contribution is -2.34. The standard InChI is InChI=1S/C25H29N/c1-20-8-5-6-13-25(20)24-12-7-9-21(18-24)19-26-16-14-23(15-17-26)22-10-3-2-4-11-22/h2-6,8,10-14,21H,7,9,15-19H2,1H3. The molecule has 1 heterocycles. The molecule has 0 amide bonds. The van der Waals surface area contributed by atoms with Crippen molar-refractivity contribution < 1.29 is 0 Å². The van der Waals surface area contributed by atoms with Crippen molar-refractivity contribution in [1.82, 2.24) is 4.90 Å². The van der Waals surface area contributed by atoms with Gasteiger partial charge in [-0.05, 0) is 66.4 Å². The minimum Gasteiger partial charge on any atom is -0.299 e. The number of rotatable bonds is 4. The molecule has 1 nitrogen and oxygen atoms in total. The van der Waals surface area contributed by atoms with Gasteiger partial charge in [0, 0.05) is 19.6 Å². The zero-order valence-electron chi connectivity index (χ0n) is 15.8. The van der Waals surface area contributed by atoms with E-state index in [2.05, 4.69) is 78.6 Å². The van der Waals surface area contributed by atoms with E-state index in [0.29, 0.717) is 0 Å². The van der Waals surface area contributed by atoms with Crippen LogP contribution in [0.2, 0.25) is 0 Å². The number of hydrogen-bond acceptors (Lipinski definition) is 1. The highest BCUT2D eigenvalue weighted by atomic mass is 15.1. The number of aryl methyl sites for hydroxylation is 1. The SMILES string of the molecule is Cc1ccccc1C1=CCCC(CN2CC=C(c3ccccc3)CC2)C1. The summed E-state index contributed by atoms with van der Waals surface area (Å²) in [6.07, 6.45) is 9.89. The van der Waals surface area contributed by atoms with Gasteiger partial charge in [-0.25, -0.2) is 0 Å². The van der Waals surface area contributed by atoms with Crippen molar-refractivity contribution >= 4 is 11.1 Å². The van der Waals surface area contributed by atoms with Gasteiger partial charge in [0.1, 0.15) is 0 Å². The Morgan fingerprint density at radius 3 is 2.50 bits per heavy atom. The second-order valence-electron chi connectivity index (χ2n) is 7.80. The molecule has 1 unspecified atom stereocenters. The fourth-order valence-corrected chi connectivity index (χ4v) is 4.46. The van der Waals surface area contributed by atoms with Gasteiger partial charge in [-0.3, -0.25) is 4.90 Å². The first kappa shape index (κ1) is 17.3.